The summed E-state index contributed by atoms with van der Waals surface area (Å²) in [7, 11) is 1.61. The highest BCUT2D eigenvalue weighted by atomic mass is 35.5. The summed E-state index contributed by atoms with van der Waals surface area (Å²) in [6, 6.07) is 0.641. The highest BCUT2D eigenvalue weighted by Crippen LogP contribution is 2.18. The number of halogens is 1. The fraction of sp³-hybridized carbons (Fsp3) is 0.667. The Morgan fingerprint density at radius 3 is 2.78 bits per heavy atom. The van der Waals surface area contributed by atoms with Crippen molar-refractivity contribution in [3.05, 3.63) is 18.1 Å². The maximum Gasteiger partial charge on any atom is 0.236 e. The van der Waals surface area contributed by atoms with E-state index < -0.39 is 0 Å². The molecule has 0 aliphatic heterocycles. The Balaban J connectivity index is 0.00000162. The minimum atomic E-state index is 0. The lowest BCUT2D eigenvalue weighted by Gasteiger charge is -2.29. The molecular weight excluding hydrogens is 252 g/mol. The molecule has 0 spiro atoms. The Labute approximate surface area is 114 Å². The first-order chi connectivity index (χ1) is 8.31. The van der Waals surface area contributed by atoms with E-state index in [4.69, 9.17) is 10.5 Å². The molecule has 2 rings (SSSR count). The molecule has 3 N–H and O–H groups in total. The van der Waals surface area contributed by atoms with Crippen LogP contribution >= 0.6 is 12.4 Å². The molecule has 1 aromatic rings. The predicted molar refractivity (Wildman–Crippen MR) is 72.9 cm³/mol. The Hall–Kier alpha value is -0.910. The largest absolute Gasteiger partial charge is 0.480 e. The van der Waals surface area contributed by atoms with Crippen molar-refractivity contribution < 1.29 is 4.74 Å². The SMILES string of the molecule is COc1nccnc1CNC1CCCCC1N.Cl. The number of hydrogen-bond donors (Lipinski definition) is 2. The number of nitrogens with one attached hydrogen (secondary N) is 1. The van der Waals surface area contributed by atoms with E-state index in [0.717, 1.165) is 18.5 Å². The third kappa shape index (κ3) is 3.80. The number of rotatable bonds is 4. The zero-order valence-corrected chi connectivity index (χ0v) is 11.4. The smallest absolute Gasteiger partial charge is 0.236 e. The lowest BCUT2D eigenvalue weighted by atomic mass is 9.91. The standard InChI is InChI=1S/C12H20N4O.ClH/c1-17-12-11(14-6-7-15-12)8-16-10-5-3-2-4-9(10)13;/h6-7,9-10,16H,2-5,8,13H2,1H3;1H. The van der Waals surface area contributed by atoms with Crippen LogP contribution in [0.4, 0.5) is 0 Å². The molecule has 102 valence electrons. The summed E-state index contributed by atoms with van der Waals surface area (Å²) >= 11 is 0. The number of nitrogens with zero attached hydrogens (tertiary/aromatic N) is 2. The van der Waals surface area contributed by atoms with Crippen molar-refractivity contribution in [2.75, 3.05) is 7.11 Å². The molecule has 1 aliphatic rings. The Bertz CT molecular complexity index is 364. The van der Waals surface area contributed by atoms with Gasteiger partial charge in [0.1, 0.15) is 5.69 Å². The van der Waals surface area contributed by atoms with Crippen molar-refractivity contribution in [1.82, 2.24) is 15.3 Å². The molecule has 5 nitrogen and oxygen atoms in total. The van der Waals surface area contributed by atoms with Crippen LogP contribution in [0.3, 0.4) is 0 Å². The highest BCUT2D eigenvalue weighted by molar-refractivity contribution is 5.85. The molecule has 0 bridgehead atoms. The summed E-state index contributed by atoms with van der Waals surface area (Å²) in [5.41, 5.74) is 6.92. The van der Waals surface area contributed by atoms with Crippen LogP contribution in [0, 0.1) is 0 Å². The lowest BCUT2D eigenvalue weighted by Crippen LogP contribution is -2.46. The number of hydrogen-bond acceptors (Lipinski definition) is 5. The van der Waals surface area contributed by atoms with E-state index in [0.29, 0.717) is 18.5 Å². The van der Waals surface area contributed by atoms with E-state index in [-0.39, 0.29) is 18.4 Å². The second kappa shape index (κ2) is 7.51. The molecule has 1 aromatic heterocycles. The Morgan fingerprint density at radius 2 is 2.06 bits per heavy atom. The molecule has 2 atom stereocenters. The fourth-order valence-electron chi connectivity index (χ4n) is 2.29. The first-order valence-electron chi connectivity index (χ1n) is 6.14. The molecule has 0 saturated heterocycles. The van der Waals surface area contributed by atoms with Gasteiger partial charge >= 0.3 is 0 Å². The van der Waals surface area contributed by atoms with E-state index in [1.807, 2.05) is 0 Å². The molecule has 1 heterocycles. The van der Waals surface area contributed by atoms with E-state index in [9.17, 15) is 0 Å². The van der Waals surface area contributed by atoms with Crippen molar-refractivity contribution >= 4 is 12.4 Å². The topological polar surface area (TPSA) is 73.1 Å². The average Bonchev–Trinajstić information content (AvgIpc) is 2.38. The summed E-state index contributed by atoms with van der Waals surface area (Å²) in [6.07, 6.45) is 8.06. The number of nitrogens with two attached hydrogens (primary N) is 1. The zero-order chi connectivity index (χ0) is 12.1. The van der Waals surface area contributed by atoms with E-state index in [1.165, 1.54) is 12.8 Å². The molecular formula is C12H21ClN4O. The molecule has 0 amide bonds. The minimum Gasteiger partial charge on any atom is -0.480 e. The van der Waals surface area contributed by atoms with Crippen LogP contribution in [0.15, 0.2) is 12.4 Å². The minimum absolute atomic E-state index is 0. The summed E-state index contributed by atoms with van der Waals surface area (Å²) in [5, 5.41) is 3.45. The van der Waals surface area contributed by atoms with Gasteiger partial charge in [0.2, 0.25) is 5.88 Å². The van der Waals surface area contributed by atoms with E-state index in [2.05, 4.69) is 15.3 Å². The van der Waals surface area contributed by atoms with Gasteiger partial charge < -0.3 is 15.8 Å². The van der Waals surface area contributed by atoms with Gasteiger partial charge in [0.05, 0.1) is 7.11 Å². The molecule has 6 heteroatoms. The monoisotopic (exact) mass is 272 g/mol. The van der Waals surface area contributed by atoms with Crippen molar-refractivity contribution in [1.29, 1.82) is 0 Å². The summed E-state index contributed by atoms with van der Waals surface area (Å²) < 4.78 is 5.17. The fourth-order valence-corrected chi connectivity index (χ4v) is 2.29. The third-order valence-electron chi connectivity index (χ3n) is 3.28. The van der Waals surface area contributed by atoms with Gasteiger partial charge in [0.15, 0.2) is 0 Å². The van der Waals surface area contributed by atoms with Crippen molar-refractivity contribution in [2.45, 2.75) is 44.3 Å². The van der Waals surface area contributed by atoms with Crippen molar-refractivity contribution in [3.8, 4) is 5.88 Å². The molecule has 1 aliphatic carbocycles. The molecule has 2 unspecified atom stereocenters. The van der Waals surface area contributed by atoms with Crippen LogP contribution in [0.2, 0.25) is 0 Å². The van der Waals surface area contributed by atoms with Gasteiger partial charge in [-0.05, 0) is 12.8 Å². The second-order valence-corrected chi connectivity index (χ2v) is 4.45. The summed E-state index contributed by atoms with van der Waals surface area (Å²) in [4.78, 5) is 8.39. The summed E-state index contributed by atoms with van der Waals surface area (Å²) in [5.74, 6) is 0.587. The Morgan fingerprint density at radius 1 is 1.33 bits per heavy atom. The zero-order valence-electron chi connectivity index (χ0n) is 10.6. The first-order valence-corrected chi connectivity index (χ1v) is 6.14. The van der Waals surface area contributed by atoms with Crippen LogP contribution in [-0.4, -0.2) is 29.2 Å². The predicted octanol–water partition coefficient (Wildman–Crippen LogP) is 1.27. The molecule has 18 heavy (non-hydrogen) atoms. The first kappa shape index (κ1) is 15.1. The van der Waals surface area contributed by atoms with Gasteiger partial charge in [-0.3, -0.25) is 4.98 Å². The highest BCUT2D eigenvalue weighted by Gasteiger charge is 2.21. The summed E-state index contributed by atoms with van der Waals surface area (Å²) in [6.45, 7) is 0.662. The van der Waals surface area contributed by atoms with Crippen LogP contribution in [0.1, 0.15) is 31.4 Å². The van der Waals surface area contributed by atoms with Crippen LogP contribution in [0.5, 0.6) is 5.88 Å². The van der Waals surface area contributed by atoms with Crippen LogP contribution < -0.4 is 15.8 Å². The number of ether oxygens (including phenoxy) is 1. The van der Waals surface area contributed by atoms with E-state index >= 15 is 0 Å². The average molecular weight is 273 g/mol. The van der Waals surface area contributed by atoms with Gasteiger partial charge in [-0.15, -0.1) is 12.4 Å². The van der Waals surface area contributed by atoms with Gasteiger partial charge in [0.25, 0.3) is 0 Å². The Kier molecular flexibility index (Phi) is 6.32. The van der Waals surface area contributed by atoms with Gasteiger partial charge in [-0.1, -0.05) is 12.8 Å². The number of methoxy groups -OCH3 is 1. The van der Waals surface area contributed by atoms with Gasteiger partial charge in [0, 0.05) is 31.0 Å². The van der Waals surface area contributed by atoms with E-state index in [1.54, 1.807) is 19.5 Å². The van der Waals surface area contributed by atoms with Crippen molar-refractivity contribution in [2.24, 2.45) is 5.73 Å². The molecule has 0 aromatic carbocycles. The quantitative estimate of drug-likeness (QED) is 0.863. The second-order valence-electron chi connectivity index (χ2n) is 4.45. The van der Waals surface area contributed by atoms with Crippen LogP contribution in [-0.2, 0) is 6.54 Å². The van der Waals surface area contributed by atoms with Crippen molar-refractivity contribution in [3.63, 3.8) is 0 Å². The van der Waals surface area contributed by atoms with Crippen LogP contribution in [0.25, 0.3) is 0 Å². The maximum atomic E-state index is 6.08. The normalized spacial score (nSPS) is 23.2. The molecule has 1 saturated carbocycles. The third-order valence-corrected chi connectivity index (χ3v) is 3.28. The maximum absolute atomic E-state index is 6.08. The molecule has 1 fully saturated rings. The molecule has 0 radical (unpaired) electrons. The van der Waals surface area contributed by atoms with Gasteiger partial charge in [-0.2, -0.15) is 0 Å². The lowest BCUT2D eigenvalue weighted by molar-refractivity contribution is 0.321. The van der Waals surface area contributed by atoms with Gasteiger partial charge in [-0.25, -0.2) is 4.98 Å². The number of aromatic nitrogens is 2.